The summed E-state index contributed by atoms with van der Waals surface area (Å²) in [6.07, 6.45) is 5.37. The van der Waals surface area contributed by atoms with Crippen molar-refractivity contribution in [3.63, 3.8) is 0 Å². The van der Waals surface area contributed by atoms with E-state index >= 15 is 0 Å². The first-order valence-electron chi connectivity index (χ1n) is 11.0. The van der Waals surface area contributed by atoms with Crippen LogP contribution in [0.15, 0.2) is 23.1 Å². The van der Waals surface area contributed by atoms with Gasteiger partial charge in [-0.3, -0.25) is 9.59 Å². The lowest BCUT2D eigenvalue weighted by Crippen LogP contribution is -2.59. The van der Waals surface area contributed by atoms with Crippen LogP contribution in [-0.2, 0) is 19.6 Å². The third-order valence-electron chi connectivity index (χ3n) is 8.25. The molecule has 32 heavy (non-hydrogen) atoms. The summed E-state index contributed by atoms with van der Waals surface area (Å²) in [6.45, 7) is 3.23. The van der Waals surface area contributed by atoms with Crippen LogP contribution in [0.5, 0.6) is 0 Å². The van der Waals surface area contributed by atoms with Crippen molar-refractivity contribution >= 4 is 44.9 Å². The van der Waals surface area contributed by atoms with Crippen LogP contribution in [0, 0.1) is 22.7 Å². The molecule has 4 aliphatic rings. The van der Waals surface area contributed by atoms with E-state index in [0.717, 1.165) is 36.4 Å². The van der Waals surface area contributed by atoms with E-state index in [1.807, 2.05) is 0 Å². The molecule has 4 bridgehead atoms. The van der Waals surface area contributed by atoms with E-state index in [1.165, 1.54) is 19.2 Å². The van der Waals surface area contributed by atoms with Crippen LogP contribution in [0.25, 0.3) is 0 Å². The van der Waals surface area contributed by atoms with Crippen LogP contribution in [0.3, 0.4) is 0 Å². The van der Waals surface area contributed by atoms with Crippen molar-refractivity contribution in [2.45, 2.75) is 69.2 Å². The maximum atomic E-state index is 13.6. The third kappa shape index (κ3) is 3.69. The first-order chi connectivity index (χ1) is 14.7. The van der Waals surface area contributed by atoms with Gasteiger partial charge in [-0.05, 0) is 81.8 Å². The maximum absolute atomic E-state index is 13.6. The molecule has 0 aromatic heterocycles. The Labute approximate surface area is 199 Å². The molecule has 1 aromatic carbocycles. The Hall–Kier alpha value is -1.15. The zero-order valence-electron chi connectivity index (χ0n) is 18.7. The number of nitrogens with zero attached hydrogens (tertiary/aromatic N) is 1. The molecule has 6 nitrogen and oxygen atoms in total. The number of ketones is 1. The molecule has 2 unspecified atom stereocenters. The number of amides is 1. The molecular weight excluding hydrogens is 471 g/mol. The molecule has 0 radical (unpaired) electrons. The fourth-order valence-corrected chi connectivity index (χ4v) is 9.43. The highest BCUT2D eigenvalue weighted by molar-refractivity contribution is 7.89. The van der Waals surface area contributed by atoms with E-state index in [1.54, 1.807) is 19.9 Å². The molecule has 5 rings (SSSR count). The van der Waals surface area contributed by atoms with Crippen molar-refractivity contribution in [3.8, 4) is 0 Å². The number of hydrogen-bond acceptors (Lipinski definition) is 4. The molecule has 4 fully saturated rings. The Morgan fingerprint density at radius 3 is 2.16 bits per heavy atom. The quantitative estimate of drug-likeness (QED) is 0.598. The van der Waals surface area contributed by atoms with Gasteiger partial charge < -0.3 is 5.73 Å². The molecule has 4 saturated carbocycles. The Bertz CT molecular complexity index is 1050. The minimum absolute atomic E-state index is 0.0112. The first kappa shape index (κ1) is 24.0. The highest BCUT2D eigenvalue weighted by atomic mass is 35.5. The third-order valence-corrected chi connectivity index (χ3v) is 11.2. The van der Waals surface area contributed by atoms with Crippen molar-refractivity contribution in [2.24, 2.45) is 28.4 Å². The van der Waals surface area contributed by atoms with Gasteiger partial charge in [-0.15, -0.1) is 0 Å². The number of sulfonamides is 1. The number of hydrogen-bond donors (Lipinski definition) is 1. The van der Waals surface area contributed by atoms with Gasteiger partial charge in [-0.2, -0.15) is 4.31 Å². The number of likely N-dealkylation sites (N-methyl/N-ethyl adjacent to an activating group) is 1. The van der Waals surface area contributed by atoms with Gasteiger partial charge in [0.1, 0.15) is 4.90 Å². The summed E-state index contributed by atoms with van der Waals surface area (Å²) < 4.78 is 27.8. The van der Waals surface area contributed by atoms with E-state index < -0.39 is 21.0 Å². The largest absolute Gasteiger partial charge is 0.369 e. The maximum Gasteiger partial charge on any atom is 0.246 e. The second-order valence-electron chi connectivity index (χ2n) is 10.8. The summed E-state index contributed by atoms with van der Waals surface area (Å²) in [5, 5.41) is 0.0224. The van der Waals surface area contributed by atoms with Crippen molar-refractivity contribution in [3.05, 3.63) is 28.2 Å². The van der Waals surface area contributed by atoms with Gasteiger partial charge >= 0.3 is 0 Å². The predicted molar refractivity (Wildman–Crippen MR) is 124 cm³/mol. The van der Waals surface area contributed by atoms with E-state index in [2.05, 4.69) is 0 Å². The molecule has 0 spiro atoms. The number of rotatable bonds is 7. The molecule has 176 valence electrons. The number of Topliss-reactive ketones (excluding diaryl/α,β-unsaturated/α-hetero) is 1. The Morgan fingerprint density at radius 1 is 1.12 bits per heavy atom. The van der Waals surface area contributed by atoms with E-state index in [-0.39, 0.29) is 38.5 Å². The molecule has 1 amide bonds. The first-order valence-corrected chi connectivity index (χ1v) is 13.2. The van der Waals surface area contributed by atoms with Gasteiger partial charge in [0.25, 0.3) is 0 Å². The average Bonchev–Trinajstić information content (AvgIpc) is 2.65. The second kappa shape index (κ2) is 7.69. The van der Waals surface area contributed by atoms with Crippen molar-refractivity contribution in [2.75, 3.05) is 7.05 Å². The van der Waals surface area contributed by atoms with Gasteiger partial charge in [-0.25, -0.2) is 8.42 Å². The summed E-state index contributed by atoms with van der Waals surface area (Å²) in [6, 6.07) is 4.49. The van der Waals surface area contributed by atoms with Gasteiger partial charge in [0.2, 0.25) is 15.9 Å². The molecule has 2 N–H and O–H groups in total. The average molecular weight is 501 g/mol. The van der Waals surface area contributed by atoms with Crippen LogP contribution in [-0.4, -0.2) is 37.0 Å². The second-order valence-corrected chi connectivity index (χ2v) is 13.5. The van der Waals surface area contributed by atoms with Crippen LogP contribution >= 0.6 is 23.2 Å². The Balaban J connectivity index is 1.61. The van der Waals surface area contributed by atoms with E-state index in [4.69, 9.17) is 28.9 Å². The summed E-state index contributed by atoms with van der Waals surface area (Å²) in [7, 11) is -2.73. The van der Waals surface area contributed by atoms with Crippen molar-refractivity contribution in [1.82, 2.24) is 4.31 Å². The molecule has 2 atom stereocenters. The molecule has 1 aromatic rings. The number of primary amides is 1. The fraction of sp³-hybridized carbons (Fsp3) is 0.652. The number of nitrogens with two attached hydrogens (primary N) is 1. The van der Waals surface area contributed by atoms with Gasteiger partial charge in [0.15, 0.2) is 5.78 Å². The number of carbonyl (C=O) groups excluding carboxylic acids is 2. The summed E-state index contributed by atoms with van der Waals surface area (Å²) >= 11 is 12.3. The predicted octanol–water partition coefficient (Wildman–Crippen LogP) is 4.42. The van der Waals surface area contributed by atoms with E-state index in [0.29, 0.717) is 18.3 Å². The molecular formula is C23H30Cl2N2O4S. The van der Waals surface area contributed by atoms with Gasteiger partial charge in [0, 0.05) is 13.5 Å². The lowest BCUT2D eigenvalue weighted by molar-refractivity contribution is -0.159. The number of halogens is 2. The van der Waals surface area contributed by atoms with Crippen LogP contribution in [0.4, 0.5) is 0 Å². The smallest absolute Gasteiger partial charge is 0.246 e. The molecule has 0 saturated heterocycles. The topological polar surface area (TPSA) is 97.5 Å². The minimum atomic E-state index is -4.12. The van der Waals surface area contributed by atoms with Gasteiger partial charge in [0.05, 0.1) is 21.0 Å². The summed E-state index contributed by atoms with van der Waals surface area (Å²) in [4.78, 5) is 25.8. The Kier molecular flexibility index (Phi) is 5.76. The van der Waals surface area contributed by atoms with Crippen LogP contribution in [0.1, 0.15) is 58.8 Å². The lowest BCUT2D eigenvalue weighted by atomic mass is 9.43. The fourth-order valence-electron chi connectivity index (χ4n) is 6.85. The van der Waals surface area contributed by atoms with Crippen molar-refractivity contribution < 1.29 is 18.0 Å². The minimum Gasteiger partial charge on any atom is -0.369 e. The van der Waals surface area contributed by atoms with Gasteiger partial charge in [-0.1, -0.05) is 29.3 Å². The van der Waals surface area contributed by atoms with Crippen LogP contribution in [0.2, 0.25) is 10.0 Å². The standard InChI is InChI=1S/C23H30Cl2N2O4S/c1-21(2,27(3)32(30,31)19-16(24)5-4-6-17(19)25)18(28)12-22-8-14-7-15(9-22)11-23(10-14,13-22)20(26)29/h4-6,14-15H,7-13H2,1-3H3,(H2,26,29). The zero-order chi connectivity index (χ0) is 23.7. The SMILES string of the molecule is CN(C(C)(C)C(=O)CC12CC3CC(C1)CC(C(N)=O)(C3)C2)S(=O)(=O)c1c(Cl)cccc1Cl. The van der Waals surface area contributed by atoms with Crippen LogP contribution < -0.4 is 5.73 Å². The highest BCUT2D eigenvalue weighted by Crippen LogP contribution is 2.66. The zero-order valence-corrected chi connectivity index (χ0v) is 21.0. The normalized spacial score (nSPS) is 31.8. The highest BCUT2D eigenvalue weighted by Gasteiger charge is 2.61. The Morgan fingerprint density at radius 2 is 1.66 bits per heavy atom. The molecule has 0 aliphatic heterocycles. The molecule has 0 heterocycles. The monoisotopic (exact) mass is 500 g/mol. The summed E-state index contributed by atoms with van der Waals surface area (Å²) in [5.41, 5.74) is 3.71. The number of benzene rings is 1. The van der Waals surface area contributed by atoms with E-state index in [9.17, 15) is 18.0 Å². The molecule has 9 heteroatoms. The molecule has 4 aliphatic carbocycles. The lowest BCUT2D eigenvalue weighted by Gasteiger charge is -2.61. The van der Waals surface area contributed by atoms with Crippen molar-refractivity contribution in [1.29, 1.82) is 0 Å². The summed E-state index contributed by atoms with van der Waals surface area (Å²) in [5.74, 6) is 0.384. The number of carbonyl (C=O) groups is 2.